The average Bonchev–Trinajstić information content (AvgIpc) is 3.42. The van der Waals surface area contributed by atoms with E-state index in [0.29, 0.717) is 45.9 Å². The zero-order valence-electron chi connectivity index (χ0n) is 19.5. The van der Waals surface area contributed by atoms with Crippen LogP contribution in [-0.2, 0) is 43.2 Å². The van der Waals surface area contributed by atoms with Crippen molar-refractivity contribution in [1.29, 1.82) is 0 Å². The van der Waals surface area contributed by atoms with E-state index in [2.05, 4.69) is 11.4 Å². The van der Waals surface area contributed by atoms with Gasteiger partial charge in [-0.15, -0.1) is 11.3 Å². The topological polar surface area (TPSA) is 73.2 Å². The number of methoxy groups -OCH3 is 1. The van der Waals surface area contributed by atoms with Crippen LogP contribution >= 0.6 is 22.9 Å². The van der Waals surface area contributed by atoms with Gasteiger partial charge in [0.25, 0.3) is 0 Å². The number of rotatable bonds is 11. The summed E-state index contributed by atoms with van der Waals surface area (Å²) in [6, 6.07) is 17.4. The predicted octanol–water partition coefficient (Wildman–Crippen LogP) is 4.83. The maximum Gasteiger partial charge on any atom is 0.146 e. The fraction of sp³-hybridized carbons (Fsp3) is 0.280. The third kappa shape index (κ3) is 6.10. The van der Waals surface area contributed by atoms with Crippen LogP contribution < -0.4 is 10.1 Å². The van der Waals surface area contributed by atoms with Gasteiger partial charge in [-0.25, -0.2) is 0 Å². The SMILES string of the molecule is CNCC(=O)CCc1cccc(Cn2nc(CS(=O)(=S)c3ccc(Cl)s3)c3c(OC)cccc32)c1. The Hall–Kier alpha value is -2.30. The average molecular weight is 548 g/mol. The van der Waals surface area contributed by atoms with Crippen LogP contribution in [0.25, 0.3) is 10.9 Å². The number of likely N-dealkylation sites (N-methyl/N-ethyl adjacent to an activating group) is 1. The van der Waals surface area contributed by atoms with Crippen LogP contribution in [0.1, 0.15) is 23.2 Å². The molecule has 0 spiro atoms. The van der Waals surface area contributed by atoms with Crippen molar-refractivity contribution in [2.75, 3.05) is 20.7 Å². The highest BCUT2D eigenvalue weighted by Crippen LogP contribution is 2.33. The number of fused-ring (bicyclic) bond motifs is 1. The summed E-state index contributed by atoms with van der Waals surface area (Å²) < 4.78 is 22.1. The monoisotopic (exact) mass is 547 g/mol. The molecule has 0 aliphatic carbocycles. The van der Waals surface area contributed by atoms with Crippen molar-refractivity contribution in [2.45, 2.75) is 29.3 Å². The molecule has 1 unspecified atom stereocenters. The Kier molecular flexibility index (Phi) is 8.23. The normalized spacial score (nSPS) is 13.1. The highest BCUT2D eigenvalue weighted by Gasteiger charge is 2.21. The fourth-order valence-electron chi connectivity index (χ4n) is 4.01. The van der Waals surface area contributed by atoms with Gasteiger partial charge in [-0.05, 0) is 60.0 Å². The van der Waals surface area contributed by atoms with Gasteiger partial charge >= 0.3 is 0 Å². The second-order valence-corrected chi connectivity index (χ2v) is 13.7. The number of thiophene rings is 1. The molecule has 4 aromatic rings. The molecule has 35 heavy (non-hydrogen) atoms. The minimum atomic E-state index is -2.80. The molecule has 1 N–H and O–H groups in total. The molecule has 0 radical (unpaired) electrons. The number of carbonyl (C=O) groups excluding carboxylic acids is 1. The Morgan fingerprint density at radius 2 is 1.97 bits per heavy atom. The summed E-state index contributed by atoms with van der Waals surface area (Å²) >= 11 is 12.8. The fourth-order valence-corrected chi connectivity index (χ4v) is 7.66. The van der Waals surface area contributed by atoms with Gasteiger partial charge in [0, 0.05) is 6.42 Å². The molecule has 0 saturated carbocycles. The summed E-state index contributed by atoms with van der Waals surface area (Å²) in [4.78, 5) is 11.9. The highest BCUT2D eigenvalue weighted by molar-refractivity contribution is 8.33. The lowest BCUT2D eigenvalue weighted by Crippen LogP contribution is -2.18. The molecule has 4 rings (SSSR count). The maximum atomic E-state index is 13.4. The number of benzene rings is 2. The molecular formula is C25H26ClN3O3S3. The highest BCUT2D eigenvalue weighted by atomic mass is 35.5. The van der Waals surface area contributed by atoms with Gasteiger partial charge in [0.2, 0.25) is 0 Å². The van der Waals surface area contributed by atoms with E-state index >= 15 is 0 Å². The molecule has 0 aliphatic heterocycles. The number of aromatic nitrogens is 2. The number of halogens is 1. The summed E-state index contributed by atoms with van der Waals surface area (Å²) in [7, 11) is 0.587. The van der Waals surface area contributed by atoms with Crippen molar-refractivity contribution in [3.63, 3.8) is 0 Å². The standard InChI is InChI=1S/C25H26ClN3O3S3/c1-27-14-19(30)10-9-17-5-3-6-18(13-17)15-29-21-7-4-8-22(32-2)25(21)20(28-29)16-35(31,33)24-12-11-23(26)34-24/h3-8,11-13,27H,9-10,14-16H2,1-2H3. The van der Waals surface area contributed by atoms with Gasteiger partial charge in [-0.2, -0.15) is 5.10 Å². The largest absolute Gasteiger partial charge is 0.496 e. The van der Waals surface area contributed by atoms with Crippen LogP contribution in [0.15, 0.2) is 58.8 Å². The quantitative estimate of drug-likeness (QED) is 0.290. The molecule has 1 atom stereocenters. The first-order valence-corrected chi connectivity index (χ1v) is 14.9. The summed E-state index contributed by atoms with van der Waals surface area (Å²) in [6.07, 6.45) is 1.19. The van der Waals surface area contributed by atoms with E-state index in [4.69, 9.17) is 32.6 Å². The van der Waals surface area contributed by atoms with Crippen molar-refractivity contribution < 1.29 is 13.7 Å². The summed E-state index contributed by atoms with van der Waals surface area (Å²) in [6.45, 7) is 0.902. The summed E-state index contributed by atoms with van der Waals surface area (Å²) in [5.74, 6) is 0.957. The van der Waals surface area contributed by atoms with E-state index in [9.17, 15) is 9.00 Å². The number of ether oxygens (including phenoxy) is 1. The lowest BCUT2D eigenvalue weighted by Gasteiger charge is -2.07. The third-order valence-electron chi connectivity index (χ3n) is 5.60. The Morgan fingerprint density at radius 3 is 2.69 bits per heavy atom. The lowest BCUT2D eigenvalue weighted by molar-refractivity contribution is -0.118. The van der Waals surface area contributed by atoms with Crippen molar-refractivity contribution in [2.24, 2.45) is 0 Å². The van der Waals surface area contributed by atoms with Crippen molar-refractivity contribution >= 4 is 59.3 Å². The molecule has 2 aromatic heterocycles. The van der Waals surface area contributed by atoms with Crippen molar-refractivity contribution in [3.8, 4) is 5.75 Å². The molecule has 0 amide bonds. The maximum absolute atomic E-state index is 13.4. The molecule has 2 aromatic carbocycles. The van der Waals surface area contributed by atoms with Crippen molar-refractivity contribution in [3.05, 3.63) is 75.8 Å². The molecule has 10 heteroatoms. The van der Waals surface area contributed by atoms with E-state index in [-0.39, 0.29) is 11.5 Å². The Labute approximate surface area is 218 Å². The number of nitrogens with zero attached hydrogens (tertiary/aromatic N) is 2. The van der Waals surface area contributed by atoms with Gasteiger partial charge in [0.1, 0.15) is 11.5 Å². The van der Waals surface area contributed by atoms with Gasteiger partial charge < -0.3 is 10.1 Å². The summed E-state index contributed by atoms with van der Waals surface area (Å²) in [5, 5.41) is 8.55. The van der Waals surface area contributed by atoms with E-state index < -0.39 is 8.49 Å². The van der Waals surface area contributed by atoms with E-state index in [1.54, 1.807) is 26.3 Å². The van der Waals surface area contributed by atoms with Crippen LogP contribution in [0, 0.1) is 0 Å². The zero-order chi connectivity index (χ0) is 25.0. The molecule has 0 aliphatic rings. The number of Topliss-reactive ketones (excluding diaryl/α,β-unsaturated/α-hetero) is 1. The lowest BCUT2D eigenvalue weighted by atomic mass is 10.0. The van der Waals surface area contributed by atoms with Crippen LogP contribution in [0.5, 0.6) is 5.75 Å². The first-order valence-electron chi connectivity index (χ1n) is 11.1. The molecule has 184 valence electrons. The van der Waals surface area contributed by atoms with E-state index in [1.165, 1.54) is 11.3 Å². The van der Waals surface area contributed by atoms with Gasteiger partial charge in [-0.1, -0.05) is 41.9 Å². The van der Waals surface area contributed by atoms with Crippen LogP contribution in [0.3, 0.4) is 0 Å². The number of ketones is 1. The molecular weight excluding hydrogens is 522 g/mol. The number of hydrogen-bond acceptors (Lipinski definition) is 7. The predicted molar refractivity (Wildman–Crippen MR) is 146 cm³/mol. The van der Waals surface area contributed by atoms with Crippen LogP contribution in [-0.4, -0.2) is 40.5 Å². The zero-order valence-corrected chi connectivity index (χ0v) is 22.7. The molecule has 0 fully saturated rings. The van der Waals surface area contributed by atoms with E-state index in [1.807, 2.05) is 41.1 Å². The first kappa shape index (κ1) is 25.8. The Bertz CT molecular complexity index is 1460. The van der Waals surface area contributed by atoms with Crippen LogP contribution in [0.2, 0.25) is 4.34 Å². The first-order chi connectivity index (χ1) is 16.8. The molecule has 0 bridgehead atoms. The summed E-state index contributed by atoms with van der Waals surface area (Å²) in [5.41, 5.74) is 3.68. The minimum Gasteiger partial charge on any atom is -0.496 e. The smallest absolute Gasteiger partial charge is 0.146 e. The van der Waals surface area contributed by atoms with E-state index in [0.717, 1.165) is 22.0 Å². The molecule has 0 saturated heterocycles. The third-order valence-corrected chi connectivity index (χ3v) is 10.3. The number of nitrogens with one attached hydrogen (secondary N) is 1. The Balaban J connectivity index is 1.65. The number of hydrogen-bond donors (Lipinski definition) is 1. The van der Waals surface area contributed by atoms with Crippen LogP contribution in [0.4, 0.5) is 0 Å². The second kappa shape index (κ2) is 11.2. The second-order valence-electron chi connectivity index (χ2n) is 8.17. The number of carbonyl (C=O) groups is 1. The Morgan fingerprint density at radius 1 is 1.20 bits per heavy atom. The van der Waals surface area contributed by atoms with Gasteiger partial charge in [0.05, 0.1) is 59.6 Å². The molecule has 2 heterocycles. The van der Waals surface area contributed by atoms with Gasteiger partial charge in [0.15, 0.2) is 0 Å². The molecule has 6 nitrogen and oxygen atoms in total. The van der Waals surface area contributed by atoms with Gasteiger partial charge in [-0.3, -0.25) is 13.7 Å². The minimum absolute atomic E-state index is 0.108. The number of aryl methyl sites for hydroxylation is 1. The van der Waals surface area contributed by atoms with Crippen molar-refractivity contribution in [1.82, 2.24) is 15.1 Å².